The zero-order chi connectivity index (χ0) is 11.8. The Hall–Kier alpha value is -0.970. The van der Waals surface area contributed by atoms with Gasteiger partial charge < -0.3 is 9.47 Å². The summed E-state index contributed by atoms with van der Waals surface area (Å²) in [7, 11) is 0. The molecule has 0 N–H and O–H groups in total. The lowest BCUT2D eigenvalue weighted by Gasteiger charge is -2.31. The molecule has 2 saturated heterocycles. The van der Waals surface area contributed by atoms with Crippen molar-refractivity contribution in [1.29, 1.82) is 0 Å². The Morgan fingerprint density at radius 1 is 1.06 bits per heavy atom. The number of carbonyl (C=O) groups excluding carboxylic acids is 2. The minimum absolute atomic E-state index is 0.125. The third kappa shape index (κ3) is 2.24. The molecular formula is C11H14O4S. The number of hydrogen-bond donors (Lipinski definition) is 0. The number of allylic oxidation sites excluding steroid dienone is 1. The van der Waals surface area contributed by atoms with E-state index in [1.54, 1.807) is 13.8 Å². The van der Waals surface area contributed by atoms with Gasteiger partial charge in [0, 0.05) is 13.8 Å². The molecule has 2 fully saturated rings. The molecule has 5 heteroatoms. The molecule has 4 nitrogen and oxygen atoms in total. The highest BCUT2D eigenvalue weighted by molar-refractivity contribution is 7.99. The predicted molar refractivity (Wildman–Crippen MR) is 59.8 cm³/mol. The summed E-state index contributed by atoms with van der Waals surface area (Å²) in [6.07, 6.45) is 1.54. The summed E-state index contributed by atoms with van der Waals surface area (Å²) in [5, 5.41) is 0. The summed E-state index contributed by atoms with van der Waals surface area (Å²) < 4.78 is 10.1. The quantitative estimate of drug-likeness (QED) is 0.367. The molecule has 0 bridgehead atoms. The van der Waals surface area contributed by atoms with Crippen LogP contribution in [0.4, 0.5) is 0 Å². The summed E-state index contributed by atoms with van der Waals surface area (Å²) in [5.74, 6) is -0.320. The Kier molecular flexibility index (Phi) is 2.97. The van der Waals surface area contributed by atoms with E-state index in [4.69, 9.17) is 9.47 Å². The van der Waals surface area contributed by atoms with Crippen LogP contribution in [0.3, 0.4) is 0 Å². The highest BCUT2D eigenvalue weighted by atomic mass is 32.2. The Balaban J connectivity index is 2.28. The van der Waals surface area contributed by atoms with E-state index in [1.807, 2.05) is 11.8 Å². The second kappa shape index (κ2) is 4.13. The van der Waals surface area contributed by atoms with Crippen molar-refractivity contribution in [2.24, 2.45) is 0 Å². The van der Waals surface area contributed by atoms with Gasteiger partial charge in [-0.2, -0.15) is 11.8 Å². The van der Waals surface area contributed by atoms with E-state index in [-0.39, 0.29) is 5.57 Å². The summed E-state index contributed by atoms with van der Waals surface area (Å²) >= 11 is 1.83. The van der Waals surface area contributed by atoms with Crippen LogP contribution in [0.25, 0.3) is 0 Å². The third-order valence-corrected chi connectivity index (χ3v) is 3.52. The molecule has 0 aromatic rings. The molecule has 2 aliphatic rings. The van der Waals surface area contributed by atoms with E-state index >= 15 is 0 Å². The molecule has 0 aromatic carbocycles. The van der Waals surface area contributed by atoms with Crippen molar-refractivity contribution in [2.75, 3.05) is 11.5 Å². The third-order valence-electron chi connectivity index (χ3n) is 2.54. The van der Waals surface area contributed by atoms with Gasteiger partial charge in [-0.25, -0.2) is 9.59 Å². The van der Waals surface area contributed by atoms with Crippen LogP contribution in [-0.2, 0) is 19.1 Å². The van der Waals surface area contributed by atoms with Crippen molar-refractivity contribution in [1.82, 2.24) is 0 Å². The Bertz CT molecular complexity index is 340. The minimum Gasteiger partial charge on any atom is -0.419 e. The number of hydrogen-bond acceptors (Lipinski definition) is 5. The van der Waals surface area contributed by atoms with Gasteiger partial charge >= 0.3 is 11.9 Å². The average Bonchev–Trinajstić information content (AvgIpc) is 2.16. The Morgan fingerprint density at radius 3 is 2.06 bits per heavy atom. The molecule has 0 spiro atoms. The van der Waals surface area contributed by atoms with E-state index in [1.165, 1.54) is 0 Å². The van der Waals surface area contributed by atoms with Gasteiger partial charge in [0.2, 0.25) is 0 Å². The SMILES string of the molecule is CC1(C)OC(=O)C(=C2CCSCC2)C(=O)O1. The lowest BCUT2D eigenvalue weighted by molar-refractivity contribution is -0.222. The van der Waals surface area contributed by atoms with Gasteiger partial charge in [-0.05, 0) is 29.9 Å². The van der Waals surface area contributed by atoms with Crippen LogP contribution in [0, 0.1) is 0 Å². The maximum Gasteiger partial charge on any atom is 0.348 e. The first-order valence-electron chi connectivity index (χ1n) is 5.26. The van der Waals surface area contributed by atoms with Gasteiger partial charge in [-0.15, -0.1) is 0 Å². The van der Waals surface area contributed by atoms with E-state index in [0.717, 1.165) is 29.9 Å². The lowest BCUT2D eigenvalue weighted by Crippen LogP contribution is -2.42. The van der Waals surface area contributed by atoms with Crippen LogP contribution in [0.2, 0.25) is 0 Å². The van der Waals surface area contributed by atoms with Crippen molar-refractivity contribution in [2.45, 2.75) is 32.5 Å². The first-order chi connectivity index (χ1) is 7.49. The molecule has 0 amide bonds. The monoisotopic (exact) mass is 242 g/mol. The Labute approximate surface area is 98.4 Å². The number of esters is 2. The van der Waals surface area contributed by atoms with E-state index in [2.05, 4.69) is 0 Å². The standard InChI is InChI=1S/C11H14O4S/c1-11(2)14-9(12)8(10(13)15-11)7-3-5-16-6-4-7/h3-6H2,1-2H3. The van der Waals surface area contributed by atoms with Crippen LogP contribution >= 0.6 is 11.8 Å². The molecule has 2 aliphatic heterocycles. The molecule has 2 rings (SSSR count). The van der Waals surface area contributed by atoms with Gasteiger partial charge in [-0.1, -0.05) is 0 Å². The molecule has 16 heavy (non-hydrogen) atoms. The molecule has 0 aromatic heterocycles. The van der Waals surface area contributed by atoms with E-state index < -0.39 is 17.7 Å². The fourth-order valence-electron chi connectivity index (χ4n) is 1.81. The number of thioether (sulfide) groups is 1. The second-order valence-corrected chi connectivity index (χ2v) is 5.49. The average molecular weight is 242 g/mol. The molecule has 0 atom stereocenters. The van der Waals surface area contributed by atoms with E-state index in [9.17, 15) is 9.59 Å². The maximum atomic E-state index is 11.7. The van der Waals surface area contributed by atoms with Crippen molar-refractivity contribution in [3.05, 3.63) is 11.1 Å². The van der Waals surface area contributed by atoms with Crippen LogP contribution in [-0.4, -0.2) is 29.2 Å². The number of carbonyl (C=O) groups is 2. The largest absolute Gasteiger partial charge is 0.419 e. The Morgan fingerprint density at radius 2 is 1.56 bits per heavy atom. The van der Waals surface area contributed by atoms with Crippen molar-refractivity contribution >= 4 is 23.7 Å². The molecule has 0 aliphatic carbocycles. The molecule has 88 valence electrons. The van der Waals surface area contributed by atoms with Crippen LogP contribution in [0.1, 0.15) is 26.7 Å². The smallest absolute Gasteiger partial charge is 0.348 e. The van der Waals surface area contributed by atoms with Crippen LogP contribution < -0.4 is 0 Å². The first-order valence-corrected chi connectivity index (χ1v) is 6.41. The zero-order valence-corrected chi connectivity index (χ0v) is 10.2. The van der Waals surface area contributed by atoms with Gasteiger partial charge in [0.1, 0.15) is 5.57 Å². The number of cyclic esters (lactones) is 2. The highest BCUT2D eigenvalue weighted by Crippen LogP contribution is 2.30. The van der Waals surface area contributed by atoms with Gasteiger partial charge in [0.15, 0.2) is 0 Å². The fraction of sp³-hybridized carbons (Fsp3) is 0.636. The van der Waals surface area contributed by atoms with Crippen molar-refractivity contribution in [3.8, 4) is 0 Å². The fourth-order valence-corrected chi connectivity index (χ4v) is 2.79. The van der Waals surface area contributed by atoms with Gasteiger partial charge in [0.05, 0.1) is 0 Å². The minimum atomic E-state index is -1.14. The maximum absolute atomic E-state index is 11.7. The van der Waals surface area contributed by atoms with Crippen LogP contribution in [0.5, 0.6) is 0 Å². The van der Waals surface area contributed by atoms with Gasteiger partial charge in [-0.3, -0.25) is 0 Å². The zero-order valence-electron chi connectivity index (χ0n) is 9.37. The summed E-state index contributed by atoms with van der Waals surface area (Å²) in [6.45, 7) is 3.11. The first kappa shape index (κ1) is 11.5. The predicted octanol–water partition coefficient (Wildman–Crippen LogP) is 1.65. The molecule has 0 saturated carbocycles. The van der Waals surface area contributed by atoms with Gasteiger partial charge in [0.25, 0.3) is 5.79 Å². The normalized spacial score (nSPS) is 25.1. The summed E-state index contributed by atoms with van der Waals surface area (Å²) in [5.41, 5.74) is 1.00. The summed E-state index contributed by atoms with van der Waals surface area (Å²) in [4.78, 5) is 23.5. The van der Waals surface area contributed by atoms with Crippen molar-refractivity contribution in [3.63, 3.8) is 0 Å². The van der Waals surface area contributed by atoms with E-state index in [0.29, 0.717) is 0 Å². The van der Waals surface area contributed by atoms with Crippen LogP contribution in [0.15, 0.2) is 11.1 Å². The second-order valence-electron chi connectivity index (χ2n) is 4.27. The molecule has 0 radical (unpaired) electrons. The lowest BCUT2D eigenvalue weighted by atomic mass is 10.0. The molecule has 2 heterocycles. The highest BCUT2D eigenvalue weighted by Gasteiger charge is 2.40. The molecular weight excluding hydrogens is 228 g/mol. The number of ether oxygens (including phenoxy) is 2. The topological polar surface area (TPSA) is 52.6 Å². The van der Waals surface area contributed by atoms with Crippen molar-refractivity contribution < 1.29 is 19.1 Å². The number of rotatable bonds is 0. The molecule has 0 unspecified atom stereocenters. The summed E-state index contributed by atoms with van der Waals surface area (Å²) in [6, 6.07) is 0.